The number of amides is 1. The number of hydrogen-bond donors (Lipinski definition) is 1. The fourth-order valence-corrected chi connectivity index (χ4v) is 2.69. The number of carbonyl (C=O) groups excluding carboxylic acids is 1. The Labute approximate surface area is 153 Å². The Balaban J connectivity index is 1.64. The van der Waals surface area contributed by atoms with E-state index < -0.39 is 0 Å². The van der Waals surface area contributed by atoms with Gasteiger partial charge in [-0.1, -0.05) is 17.3 Å². The molecule has 0 spiro atoms. The summed E-state index contributed by atoms with van der Waals surface area (Å²) in [6.07, 6.45) is 0. The average Bonchev–Trinajstić information content (AvgIpc) is 2.95. The molecule has 0 bridgehead atoms. The molecule has 5 nitrogen and oxygen atoms in total. The minimum absolute atomic E-state index is 0.115. The Hall–Kier alpha value is -3.08. The number of aryl methyl sites for hydroxylation is 3. The van der Waals surface area contributed by atoms with Crippen LogP contribution >= 0.6 is 0 Å². The van der Waals surface area contributed by atoms with Crippen LogP contribution < -0.4 is 10.1 Å². The number of hydrogen-bond acceptors (Lipinski definition) is 4. The molecule has 0 saturated heterocycles. The highest BCUT2D eigenvalue weighted by Crippen LogP contribution is 2.21. The molecule has 1 N–H and O–H groups in total. The van der Waals surface area contributed by atoms with Gasteiger partial charge in [0, 0.05) is 11.3 Å². The van der Waals surface area contributed by atoms with Crippen molar-refractivity contribution < 1.29 is 14.1 Å². The van der Waals surface area contributed by atoms with Crippen LogP contribution in [0.3, 0.4) is 0 Å². The van der Waals surface area contributed by atoms with Gasteiger partial charge in [0.05, 0.1) is 11.3 Å². The monoisotopic (exact) mass is 350 g/mol. The fraction of sp³-hybridized carbons (Fsp3) is 0.238. The van der Waals surface area contributed by atoms with Gasteiger partial charge in [0.15, 0.2) is 0 Å². The van der Waals surface area contributed by atoms with E-state index >= 15 is 0 Å². The third kappa shape index (κ3) is 3.77. The maximum absolute atomic E-state index is 12.5. The van der Waals surface area contributed by atoms with Crippen LogP contribution in [-0.4, -0.2) is 11.1 Å². The Bertz CT molecular complexity index is 907. The molecule has 0 aliphatic rings. The molecule has 0 radical (unpaired) electrons. The quantitative estimate of drug-likeness (QED) is 0.722. The molecular formula is C21H22N2O3. The van der Waals surface area contributed by atoms with Crippen LogP contribution in [0, 0.1) is 27.7 Å². The third-order valence-corrected chi connectivity index (χ3v) is 4.53. The van der Waals surface area contributed by atoms with E-state index in [1.807, 2.05) is 70.2 Å². The number of nitrogens with zero attached hydrogens (tertiary/aromatic N) is 1. The molecule has 0 aliphatic carbocycles. The molecule has 3 aromatic rings. The molecule has 0 atom stereocenters. The normalized spacial score (nSPS) is 10.6. The van der Waals surface area contributed by atoms with Crippen LogP contribution in [0.25, 0.3) is 0 Å². The molecule has 0 unspecified atom stereocenters. The molecule has 1 heterocycles. The van der Waals surface area contributed by atoms with E-state index in [4.69, 9.17) is 9.26 Å². The second-order valence-corrected chi connectivity index (χ2v) is 6.32. The van der Waals surface area contributed by atoms with Gasteiger partial charge >= 0.3 is 0 Å². The average molecular weight is 350 g/mol. The van der Waals surface area contributed by atoms with Crippen molar-refractivity contribution in [3.05, 3.63) is 76.2 Å². The number of benzene rings is 2. The summed E-state index contributed by atoms with van der Waals surface area (Å²) >= 11 is 0. The molecule has 26 heavy (non-hydrogen) atoms. The van der Waals surface area contributed by atoms with Crippen molar-refractivity contribution in [2.45, 2.75) is 34.3 Å². The van der Waals surface area contributed by atoms with Crippen molar-refractivity contribution in [2.24, 2.45) is 0 Å². The third-order valence-electron chi connectivity index (χ3n) is 4.53. The van der Waals surface area contributed by atoms with Gasteiger partial charge in [-0.25, -0.2) is 0 Å². The van der Waals surface area contributed by atoms with E-state index in [0.717, 1.165) is 39.6 Å². The molecule has 1 amide bonds. The highest BCUT2D eigenvalue weighted by Gasteiger charge is 2.11. The predicted molar refractivity (Wildman–Crippen MR) is 101 cm³/mol. The molecule has 0 fully saturated rings. The molecule has 1 aromatic heterocycles. The van der Waals surface area contributed by atoms with Crippen molar-refractivity contribution in [1.29, 1.82) is 0 Å². The lowest BCUT2D eigenvalue weighted by Crippen LogP contribution is -2.13. The van der Waals surface area contributed by atoms with E-state index in [-0.39, 0.29) is 5.91 Å². The van der Waals surface area contributed by atoms with Gasteiger partial charge < -0.3 is 14.6 Å². The smallest absolute Gasteiger partial charge is 0.255 e. The zero-order chi connectivity index (χ0) is 18.7. The van der Waals surface area contributed by atoms with Gasteiger partial charge in [0.2, 0.25) is 0 Å². The van der Waals surface area contributed by atoms with E-state index in [0.29, 0.717) is 12.2 Å². The van der Waals surface area contributed by atoms with Gasteiger partial charge in [-0.2, -0.15) is 0 Å². The van der Waals surface area contributed by atoms with Crippen molar-refractivity contribution >= 4 is 11.6 Å². The number of aromatic nitrogens is 1. The molecule has 5 heteroatoms. The molecule has 2 aromatic carbocycles. The first kappa shape index (κ1) is 17.7. The van der Waals surface area contributed by atoms with E-state index in [1.165, 1.54) is 0 Å². The molecular weight excluding hydrogens is 328 g/mol. The number of rotatable bonds is 5. The van der Waals surface area contributed by atoms with Gasteiger partial charge in [0.25, 0.3) is 5.91 Å². The highest BCUT2D eigenvalue weighted by atomic mass is 16.5. The molecule has 134 valence electrons. The number of ether oxygens (including phenoxy) is 1. The highest BCUT2D eigenvalue weighted by molar-refractivity contribution is 6.05. The summed E-state index contributed by atoms with van der Waals surface area (Å²) in [5.41, 5.74) is 5.28. The standard InChI is InChI=1S/C21H22N2O3/c1-13-6-5-7-19(14(13)2)21(24)22-17-8-10-18(11-9-17)25-12-20-15(3)23-26-16(20)4/h5-11H,12H2,1-4H3,(H,22,24). The second kappa shape index (κ2) is 7.44. The van der Waals surface area contributed by atoms with Crippen molar-refractivity contribution in [1.82, 2.24) is 5.16 Å². The van der Waals surface area contributed by atoms with E-state index in [2.05, 4.69) is 10.5 Å². The maximum Gasteiger partial charge on any atom is 0.255 e. The lowest BCUT2D eigenvalue weighted by atomic mass is 10.0. The Morgan fingerprint density at radius 3 is 2.46 bits per heavy atom. The van der Waals surface area contributed by atoms with Crippen molar-refractivity contribution in [3.8, 4) is 5.75 Å². The largest absolute Gasteiger partial charge is 0.489 e. The van der Waals surface area contributed by atoms with E-state index in [9.17, 15) is 4.79 Å². The van der Waals surface area contributed by atoms with Crippen LogP contribution in [0.5, 0.6) is 5.75 Å². The summed E-state index contributed by atoms with van der Waals surface area (Å²) in [4.78, 5) is 12.5. The molecule has 0 saturated carbocycles. The first-order valence-corrected chi connectivity index (χ1v) is 8.48. The summed E-state index contributed by atoms with van der Waals surface area (Å²) in [5, 5.41) is 6.84. The Kier molecular flexibility index (Phi) is 5.07. The summed E-state index contributed by atoms with van der Waals surface area (Å²) in [7, 11) is 0. The van der Waals surface area contributed by atoms with Crippen molar-refractivity contribution in [3.63, 3.8) is 0 Å². The SMILES string of the molecule is Cc1cccc(C(=O)Nc2ccc(OCc3c(C)noc3C)cc2)c1C. The summed E-state index contributed by atoms with van der Waals surface area (Å²) in [6.45, 7) is 8.11. The van der Waals surface area contributed by atoms with Gasteiger partial charge in [0.1, 0.15) is 18.1 Å². The van der Waals surface area contributed by atoms with Crippen LogP contribution in [0.15, 0.2) is 47.0 Å². The number of anilines is 1. The van der Waals surface area contributed by atoms with Gasteiger partial charge in [-0.15, -0.1) is 0 Å². The number of nitrogens with one attached hydrogen (secondary N) is 1. The van der Waals surface area contributed by atoms with Gasteiger partial charge in [-0.05, 0) is 69.2 Å². The van der Waals surface area contributed by atoms with Crippen molar-refractivity contribution in [2.75, 3.05) is 5.32 Å². The first-order valence-electron chi connectivity index (χ1n) is 8.48. The minimum Gasteiger partial charge on any atom is -0.489 e. The summed E-state index contributed by atoms with van der Waals surface area (Å²) in [5.74, 6) is 1.37. The Morgan fingerprint density at radius 1 is 1.08 bits per heavy atom. The minimum atomic E-state index is -0.115. The topological polar surface area (TPSA) is 64.4 Å². The lowest BCUT2D eigenvalue weighted by Gasteiger charge is -2.10. The Morgan fingerprint density at radius 2 is 1.81 bits per heavy atom. The first-order chi connectivity index (χ1) is 12.5. The second-order valence-electron chi connectivity index (χ2n) is 6.32. The fourth-order valence-electron chi connectivity index (χ4n) is 2.69. The zero-order valence-electron chi connectivity index (χ0n) is 15.4. The lowest BCUT2D eigenvalue weighted by molar-refractivity contribution is 0.102. The van der Waals surface area contributed by atoms with Crippen LogP contribution in [0.1, 0.15) is 38.5 Å². The maximum atomic E-state index is 12.5. The van der Waals surface area contributed by atoms with Crippen LogP contribution in [0.2, 0.25) is 0 Å². The van der Waals surface area contributed by atoms with Crippen LogP contribution in [0.4, 0.5) is 5.69 Å². The molecule has 3 rings (SSSR count). The van der Waals surface area contributed by atoms with Gasteiger partial charge in [-0.3, -0.25) is 4.79 Å². The molecule has 0 aliphatic heterocycles. The van der Waals surface area contributed by atoms with Crippen LogP contribution in [-0.2, 0) is 6.61 Å². The predicted octanol–water partition coefficient (Wildman–Crippen LogP) is 4.74. The summed E-state index contributed by atoms with van der Waals surface area (Å²) in [6, 6.07) is 13.0. The number of carbonyl (C=O) groups is 1. The van der Waals surface area contributed by atoms with E-state index in [1.54, 1.807) is 0 Å². The zero-order valence-corrected chi connectivity index (χ0v) is 15.4. The summed E-state index contributed by atoms with van der Waals surface area (Å²) < 4.78 is 10.9.